The molecule has 0 heterocycles. The maximum atomic E-state index is 13.2. The molecular weight excluding hydrogens is 188 g/mol. The summed E-state index contributed by atoms with van der Waals surface area (Å²) < 4.78 is 42.3. The molecule has 0 saturated heterocycles. The van der Waals surface area contributed by atoms with E-state index in [2.05, 4.69) is 4.65 Å². The minimum absolute atomic E-state index is 0.273. The summed E-state index contributed by atoms with van der Waals surface area (Å²) in [4.78, 5) is 0. The first-order chi connectivity index (χ1) is 5.87. The Hall–Kier alpha value is -0.785. The Morgan fingerprint density at radius 2 is 1.62 bits per heavy atom. The average molecular weight is 194 g/mol. The molecule has 1 rings (SSSR count). The number of rotatable bonds is 2. The van der Waals surface area contributed by atoms with Crippen LogP contribution in [-0.4, -0.2) is 29.1 Å². The van der Waals surface area contributed by atoms with Gasteiger partial charge in [0.15, 0.2) is 0 Å². The van der Waals surface area contributed by atoms with Crippen LogP contribution >= 0.6 is 0 Å². The Morgan fingerprint density at radius 3 is 2.08 bits per heavy atom. The van der Waals surface area contributed by atoms with E-state index in [-0.39, 0.29) is 6.08 Å². The van der Waals surface area contributed by atoms with Crippen molar-refractivity contribution in [1.29, 1.82) is 0 Å². The fourth-order valence-corrected chi connectivity index (χ4v) is 0.852. The molecule has 0 aromatic carbocycles. The van der Waals surface area contributed by atoms with Crippen molar-refractivity contribution in [2.75, 3.05) is 0 Å². The van der Waals surface area contributed by atoms with Crippen molar-refractivity contribution >= 4 is 7.32 Å². The molecule has 1 aliphatic rings. The van der Waals surface area contributed by atoms with Gasteiger partial charge in [-0.3, -0.25) is 0 Å². The van der Waals surface area contributed by atoms with Crippen molar-refractivity contribution in [3.8, 4) is 0 Å². The lowest BCUT2D eigenvalue weighted by Crippen LogP contribution is -2.48. The summed E-state index contributed by atoms with van der Waals surface area (Å²) in [6.07, 6.45) is 2.60. The lowest BCUT2D eigenvalue weighted by Gasteiger charge is -2.30. The van der Waals surface area contributed by atoms with E-state index >= 15 is 0 Å². The Balaban J connectivity index is 2.88. The SMILES string of the molecule is OB(O)OC1(F)C=CC=CC1(F)F. The normalized spacial score (nSPS) is 30.5. The zero-order valence-corrected chi connectivity index (χ0v) is 6.32. The molecule has 1 atom stereocenters. The van der Waals surface area contributed by atoms with Gasteiger partial charge in [0.2, 0.25) is 0 Å². The molecule has 1 unspecified atom stereocenters. The highest BCUT2D eigenvalue weighted by molar-refractivity contribution is 6.32. The molecule has 1 aliphatic carbocycles. The fraction of sp³-hybridized carbons (Fsp3) is 0.333. The summed E-state index contributed by atoms with van der Waals surface area (Å²) in [7, 11) is -2.59. The average Bonchev–Trinajstić information content (AvgIpc) is 1.94. The van der Waals surface area contributed by atoms with E-state index in [9.17, 15) is 13.2 Å². The number of halogens is 3. The summed E-state index contributed by atoms with van der Waals surface area (Å²) in [5.41, 5.74) is 0. The third-order valence-corrected chi connectivity index (χ3v) is 1.46. The highest BCUT2D eigenvalue weighted by atomic mass is 19.3. The molecule has 0 radical (unpaired) electrons. The predicted molar refractivity (Wildman–Crippen MR) is 38.3 cm³/mol. The zero-order chi connectivity index (χ0) is 10.1. The van der Waals surface area contributed by atoms with Crippen LogP contribution in [0.2, 0.25) is 0 Å². The molecule has 0 bridgehead atoms. The van der Waals surface area contributed by atoms with E-state index < -0.39 is 19.1 Å². The van der Waals surface area contributed by atoms with Crippen LogP contribution in [0.1, 0.15) is 0 Å². The second kappa shape index (κ2) is 3.17. The van der Waals surface area contributed by atoms with Gasteiger partial charge in [-0.05, 0) is 12.2 Å². The summed E-state index contributed by atoms with van der Waals surface area (Å²) >= 11 is 0. The van der Waals surface area contributed by atoms with E-state index in [1.165, 1.54) is 0 Å². The van der Waals surface area contributed by atoms with Crippen molar-refractivity contribution < 1.29 is 27.9 Å². The van der Waals surface area contributed by atoms with E-state index in [0.29, 0.717) is 6.08 Å². The zero-order valence-electron chi connectivity index (χ0n) is 6.32. The monoisotopic (exact) mass is 194 g/mol. The standard InChI is InChI=1S/C6H6BF3O3/c8-5(9)3-1-2-4-6(5,10)13-7(11)12/h1-4,11-12H. The maximum Gasteiger partial charge on any atom is 0.636 e. The highest BCUT2D eigenvalue weighted by Gasteiger charge is 2.55. The Morgan fingerprint density at radius 1 is 1.08 bits per heavy atom. The Bertz CT molecular complexity index is 254. The van der Waals surface area contributed by atoms with E-state index in [4.69, 9.17) is 10.0 Å². The van der Waals surface area contributed by atoms with Gasteiger partial charge < -0.3 is 14.7 Å². The summed E-state index contributed by atoms with van der Waals surface area (Å²) in [6, 6.07) is 0. The van der Waals surface area contributed by atoms with Gasteiger partial charge in [0.05, 0.1) is 0 Å². The molecule has 3 nitrogen and oxygen atoms in total. The van der Waals surface area contributed by atoms with Gasteiger partial charge in [0.1, 0.15) is 0 Å². The molecule has 0 spiro atoms. The minimum atomic E-state index is -3.91. The Labute approximate surface area is 72.3 Å². The number of alkyl halides is 3. The van der Waals surface area contributed by atoms with Crippen LogP contribution in [0, 0.1) is 0 Å². The first kappa shape index (κ1) is 10.3. The van der Waals surface area contributed by atoms with Crippen molar-refractivity contribution in [3.63, 3.8) is 0 Å². The second-order valence-electron chi connectivity index (χ2n) is 2.43. The molecule has 0 amide bonds. The molecule has 0 aromatic rings. The van der Waals surface area contributed by atoms with Crippen LogP contribution in [0.25, 0.3) is 0 Å². The first-order valence-electron chi connectivity index (χ1n) is 3.35. The fourth-order valence-electron chi connectivity index (χ4n) is 0.852. The van der Waals surface area contributed by atoms with Gasteiger partial charge in [-0.1, -0.05) is 12.2 Å². The third-order valence-electron chi connectivity index (χ3n) is 1.46. The molecule has 72 valence electrons. The summed E-state index contributed by atoms with van der Waals surface area (Å²) in [5, 5.41) is 16.4. The molecule has 0 saturated carbocycles. The summed E-state index contributed by atoms with van der Waals surface area (Å²) in [6.45, 7) is 0. The second-order valence-corrected chi connectivity index (χ2v) is 2.43. The van der Waals surface area contributed by atoms with E-state index in [1.807, 2.05) is 0 Å². The number of allylic oxidation sites excluding steroid dienone is 2. The molecule has 7 heteroatoms. The van der Waals surface area contributed by atoms with Crippen molar-refractivity contribution in [2.45, 2.75) is 11.8 Å². The van der Waals surface area contributed by atoms with E-state index in [0.717, 1.165) is 12.2 Å². The van der Waals surface area contributed by atoms with Crippen LogP contribution in [0.5, 0.6) is 0 Å². The maximum absolute atomic E-state index is 13.2. The van der Waals surface area contributed by atoms with Crippen LogP contribution in [-0.2, 0) is 4.65 Å². The van der Waals surface area contributed by atoms with Crippen LogP contribution in [0.3, 0.4) is 0 Å². The quantitative estimate of drug-likeness (QED) is 0.625. The molecule has 0 aliphatic heterocycles. The lowest BCUT2D eigenvalue weighted by atomic mass is 10.0. The predicted octanol–water partition coefficient (Wildman–Crippen LogP) is 0.400. The van der Waals surface area contributed by atoms with Gasteiger partial charge in [-0.2, -0.15) is 8.78 Å². The van der Waals surface area contributed by atoms with Crippen LogP contribution < -0.4 is 0 Å². The van der Waals surface area contributed by atoms with Gasteiger partial charge in [-0.15, -0.1) is 0 Å². The molecule has 2 N–H and O–H groups in total. The van der Waals surface area contributed by atoms with Crippen molar-refractivity contribution in [3.05, 3.63) is 24.3 Å². The minimum Gasteiger partial charge on any atom is -0.402 e. The topological polar surface area (TPSA) is 49.7 Å². The third kappa shape index (κ3) is 1.93. The summed E-state index contributed by atoms with van der Waals surface area (Å²) in [5.74, 6) is -7.42. The largest absolute Gasteiger partial charge is 0.636 e. The van der Waals surface area contributed by atoms with Crippen molar-refractivity contribution in [2.24, 2.45) is 0 Å². The Kier molecular flexibility index (Phi) is 2.51. The van der Waals surface area contributed by atoms with Gasteiger partial charge in [0, 0.05) is 0 Å². The smallest absolute Gasteiger partial charge is 0.402 e. The van der Waals surface area contributed by atoms with Gasteiger partial charge in [0.25, 0.3) is 5.85 Å². The van der Waals surface area contributed by atoms with Gasteiger partial charge >= 0.3 is 13.2 Å². The number of hydrogen-bond donors (Lipinski definition) is 2. The molecule has 13 heavy (non-hydrogen) atoms. The molecular formula is C6H6BF3O3. The van der Waals surface area contributed by atoms with Crippen molar-refractivity contribution in [1.82, 2.24) is 0 Å². The number of hydrogen-bond acceptors (Lipinski definition) is 3. The first-order valence-corrected chi connectivity index (χ1v) is 3.35. The molecule has 0 fully saturated rings. The van der Waals surface area contributed by atoms with E-state index in [1.54, 1.807) is 0 Å². The van der Waals surface area contributed by atoms with Crippen LogP contribution in [0.4, 0.5) is 13.2 Å². The molecule has 0 aromatic heterocycles. The lowest BCUT2D eigenvalue weighted by molar-refractivity contribution is -0.194. The van der Waals surface area contributed by atoms with Crippen LogP contribution in [0.15, 0.2) is 24.3 Å². The highest BCUT2D eigenvalue weighted by Crippen LogP contribution is 2.38. The van der Waals surface area contributed by atoms with Gasteiger partial charge in [-0.25, -0.2) is 4.39 Å².